The van der Waals surface area contributed by atoms with Gasteiger partial charge in [0.2, 0.25) is 0 Å². The summed E-state index contributed by atoms with van der Waals surface area (Å²) < 4.78 is 12.9. The number of hydrogen-bond acceptors (Lipinski definition) is 7. The highest BCUT2D eigenvalue weighted by atomic mass is 32.1. The number of benzene rings is 1. The lowest BCUT2D eigenvalue weighted by Gasteiger charge is -2.29. The van der Waals surface area contributed by atoms with Crippen molar-refractivity contribution < 1.29 is 9.47 Å². The third-order valence-corrected chi connectivity index (χ3v) is 7.54. The van der Waals surface area contributed by atoms with Crippen molar-refractivity contribution in [3.63, 3.8) is 0 Å². The van der Waals surface area contributed by atoms with Crippen LogP contribution in [0, 0.1) is 12.8 Å². The van der Waals surface area contributed by atoms with Crippen molar-refractivity contribution in [2.24, 2.45) is 5.92 Å². The van der Waals surface area contributed by atoms with Crippen LogP contribution in [-0.4, -0.2) is 53.6 Å². The van der Waals surface area contributed by atoms with Gasteiger partial charge in [0, 0.05) is 31.1 Å². The molecule has 1 atom stereocenters. The first kappa shape index (κ1) is 20.5. The van der Waals surface area contributed by atoms with E-state index in [2.05, 4.69) is 46.0 Å². The normalized spacial score (nSPS) is 17.8. The number of fused-ring (bicyclic) bond motifs is 3. The second kappa shape index (κ2) is 8.61. The molecule has 1 aromatic carbocycles. The Bertz CT molecular complexity index is 1040. The van der Waals surface area contributed by atoms with Crippen molar-refractivity contribution in [3.05, 3.63) is 46.6 Å². The second-order valence-electron chi connectivity index (χ2n) is 8.53. The number of thiophene rings is 1. The SMILES string of the molecule is COc1ccc(CN2Cn3ncnc3-c3c2sc(CN(C)CC2CCOC2)c3C)cc1. The van der Waals surface area contributed by atoms with Gasteiger partial charge in [0.25, 0.3) is 0 Å². The summed E-state index contributed by atoms with van der Waals surface area (Å²) in [5, 5.41) is 5.77. The molecule has 1 unspecified atom stereocenters. The zero-order chi connectivity index (χ0) is 21.4. The van der Waals surface area contributed by atoms with E-state index < -0.39 is 0 Å². The van der Waals surface area contributed by atoms with Gasteiger partial charge in [-0.25, -0.2) is 9.67 Å². The number of aromatic nitrogens is 3. The Kier molecular flexibility index (Phi) is 5.69. The zero-order valence-electron chi connectivity index (χ0n) is 18.4. The van der Waals surface area contributed by atoms with Crippen molar-refractivity contribution in [2.75, 3.05) is 38.8 Å². The second-order valence-corrected chi connectivity index (χ2v) is 9.61. The quantitative estimate of drug-likeness (QED) is 0.559. The molecule has 0 aliphatic carbocycles. The topological polar surface area (TPSA) is 55.7 Å². The average Bonchev–Trinajstić information content (AvgIpc) is 3.50. The molecule has 0 saturated carbocycles. The molecule has 0 spiro atoms. The molecule has 164 valence electrons. The summed E-state index contributed by atoms with van der Waals surface area (Å²) in [6.45, 7) is 7.59. The smallest absolute Gasteiger partial charge is 0.163 e. The van der Waals surface area contributed by atoms with E-state index in [0.717, 1.165) is 44.4 Å². The Hall–Kier alpha value is -2.42. The summed E-state index contributed by atoms with van der Waals surface area (Å²) >= 11 is 1.90. The van der Waals surface area contributed by atoms with Gasteiger partial charge in [-0.2, -0.15) is 5.10 Å². The number of rotatable bonds is 7. The first-order valence-electron chi connectivity index (χ1n) is 10.8. The summed E-state index contributed by atoms with van der Waals surface area (Å²) in [4.78, 5) is 10.8. The van der Waals surface area contributed by atoms with Crippen LogP contribution >= 0.6 is 11.3 Å². The number of hydrogen-bond donors (Lipinski definition) is 0. The minimum atomic E-state index is 0.648. The molecule has 31 heavy (non-hydrogen) atoms. The van der Waals surface area contributed by atoms with Crippen LogP contribution in [0.15, 0.2) is 30.6 Å². The van der Waals surface area contributed by atoms with Crippen LogP contribution in [0.25, 0.3) is 11.4 Å². The Labute approximate surface area is 187 Å². The Balaban J connectivity index is 1.41. The predicted molar refractivity (Wildman–Crippen MR) is 123 cm³/mol. The van der Waals surface area contributed by atoms with E-state index in [1.807, 2.05) is 28.2 Å². The molecule has 5 rings (SSSR count). The van der Waals surface area contributed by atoms with E-state index in [9.17, 15) is 0 Å². The molecule has 0 radical (unpaired) electrons. The number of methoxy groups -OCH3 is 1. The van der Waals surface area contributed by atoms with Gasteiger partial charge in [-0.3, -0.25) is 0 Å². The van der Waals surface area contributed by atoms with Crippen LogP contribution in [-0.2, 0) is 24.5 Å². The van der Waals surface area contributed by atoms with E-state index in [1.165, 1.54) is 33.0 Å². The van der Waals surface area contributed by atoms with Gasteiger partial charge >= 0.3 is 0 Å². The van der Waals surface area contributed by atoms with Crippen LogP contribution < -0.4 is 9.64 Å². The van der Waals surface area contributed by atoms with Crippen LogP contribution in [0.3, 0.4) is 0 Å². The van der Waals surface area contributed by atoms with Crippen molar-refractivity contribution in [3.8, 4) is 17.1 Å². The number of anilines is 1. The number of ether oxygens (including phenoxy) is 2. The first-order valence-corrected chi connectivity index (χ1v) is 11.6. The van der Waals surface area contributed by atoms with Crippen molar-refractivity contribution >= 4 is 16.3 Å². The van der Waals surface area contributed by atoms with Gasteiger partial charge in [-0.1, -0.05) is 12.1 Å². The highest BCUT2D eigenvalue weighted by Gasteiger charge is 2.30. The molecule has 1 saturated heterocycles. The van der Waals surface area contributed by atoms with Crippen LogP contribution in [0.1, 0.15) is 22.4 Å². The lowest BCUT2D eigenvalue weighted by atomic mass is 10.1. The van der Waals surface area contributed by atoms with Gasteiger partial charge < -0.3 is 19.3 Å². The molecule has 0 N–H and O–H groups in total. The lowest BCUT2D eigenvalue weighted by molar-refractivity contribution is 0.173. The van der Waals surface area contributed by atoms with E-state index in [1.54, 1.807) is 13.4 Å². The molecule has 7 nitrogen and oxygen atoms in total. The van der Waals surface area contributed by atoms with Gasteiger partial charge in [0.15, 0.2) is 5.82 Å². The molecular formula is C23H29N5O2S. The summed E-state index contributed by atoms with van der Waals surface area (Å²) in [6.07, 6.45) is 2.84. The molecule has 8 heteroatoms. The van der Waals surface area contributed by atoms with Crippen LogP contribution in [0.4, 0.5) is 5.00 Å². The highest BCUT2D eigenvalue weighted by Crippen LogP contribution is 2.45. The van der Waals surface area contributed by atoms with Gasteiger partial charge in [0.05, 0.1) is 19.3 Å². The molecule has 4 heterocycles. The van der Waals surface area contributed by atoms with Crippen molar-refractivity contribution in [2.45, 2.75) is 33.1 Å². The summed E-state index contributed by atoms with van der Waals surface area (Å²) in [5.74, 6) is 2.51. The highest BCUT2D eigenvalue weighted by molar-refractivity contribution is 7.17. The fraction of sp³-hybridized carbons (Fsp3) is 0.478. The summed E-state index contributed by atoms with van der Waals surface area (Å²) in [6, 6.07) is 8.31. The van der Waals surface area contributed by atoms with Gasteiger partial charge in [0.1, 0.15) is 23.7 Å². The Morgan fingerprint density at radius 2 is 2.13 bits per heavy atom. The zero-order valence-corrected chi connectivity index (χ0v) is 19.2. The molecule has 2 aromatic heterocycles. The van der Waals surface area contributed by atoms with E-state index in [4.69, 9.17) is 9.47 Å². The molecule has 0 bridgehead atoms. The minimum Gasteiger partial charge on any atom is -0.497 e. The number of nitrogens with zero attached hydrogens (tertiary/aromatic N) is 5. The Morgan fingerprint density at radius 1 is 1.29 bits per heavy atom. The van der Waals surface area contributed by atoms with E-state index in [-0.39, 0.29) is 0 Å². The van der Waals surface area contributed by atoms with Crippen LogP contribution in [0.5, 0.6) is 5.75 Å². The maximum absolute atomic E-state index is 5.56. The molecule has 3 aromatic rings. The summed E-state index contributed by atoms with van der Waals surface area (Å²) in [7, 11) is 3.92. The Morgan fingerprint density at radius 3 is 2.87 bits per heavy atom. The third kappa shape index (κ3) is 4.07. The monoisotopic (exact) mass is 439 g/mol. The van der Waals surface area contributed by atoms with Gasteiger partial charge in [-0.05, 0) is 49.6 Å². The van der Waals surface area contributed by atoms with Crippen molar-refractivity contribution in [1.29, 1.82) is 0 Å². The fourth-order valence-corrected chi connectivity index (χ4v) is 5.89. The maximum atomic E-state index is 5.56. The molecule has 2 aliphatic heterocycles. The largest absolute Gasteiger partial charge is 0.497 e. The lowest BCUT2D eigenvalue weighted by Crippen LogP contribution is -2.29. The van der Waals surface area contributed by atoms with Crippen LogP contribution in [0.2, 0.25) is 0 Å². The first-order chi connectivity index (χ1) is 15.1. The summed E-state index contributed by atoms with van der Waals surface area (Å²) in [5.41, 5.74) is 3.80. The average molecular weight is 440 g/mol. The van der Waals surface area contributed by atoms with E-state index in [0.29, 0.717) is 12.6 Å². The van der Waals surface area contributed by atoms with Crippen molar-refractivity contribution in [1.82, 2.24) is 19.7 Å². The third-order valence-electron chi connectivity index (χ3n) is 6.20. The molecule has 0 amide bonds. The maximum Gasteiger partial charge on any atom is 0.163 e. The standard InChI is InChI=1S/C23H29N5O2S/c1-16-20(12-26(2)10-18-8-9-30-13-18)31-23-21(16)22-24-14-25-28(22)15-27(23)11-17-4-6-19(29-3)7-5-17/h4-7,14,18H,8-13,15H2,1-3H3. The molecule has 2 aliphatic rings. The molecular weight excluding hydrogens is 410 g/mol. The minimum absolute atomic E-state index is 0.648. The van der Waals surface area contributed by atoms with E-state index >= 15 is 0 Å². The predicted octanol–water partition coefficient (Wildman–Crippen LogP) is 3.77. The van der Waals surface area contributed by atoms with Gasteiger partial charge in [-0.15, -0.1) is 11.3 Å². The molecule has 1 fully saturated rings. The fourth-order valence-electron chi connectivity index (χ4n) is 4.52.